The molecule has 0 saturated heterocycles. The summed E-state index contributed by atoms with van der Waals surface area (Å²) < 4.78 is 6.53. The lowest BCUT2D eigenvalue weighted by molar-refractivity contribution is 0.0346. The molecule has 4 heteroatoms. The second-order valence-corrected chi connectivity index (χ2v) is 4.82. The second-order valence-electron chi connectivity index (χ2n) is 4.82. The molecule has 0 fully saturated rings. The van der Waals surface area contributed by atoms with Crippen molar-refractivity contribution >= 4 is 16.9 Å². The van der Waals surface area contributed by atoms with Gasteiger partial charge in [0.1, 0.15) is 0 Å². The predicted octanol–water partition coefficient (Wildman–Crippen LogP) is 2.25. The van der Waals surface area contributed by atoms with E-state index in [1.54, 1.807) is 6.07 Å². The number of carbonyl (C=O) groups is 1. The molecule has 0 N–H and O–H groups in total. The Labute approximate surface area is 104 Å². The van der Waals surface area contributed by atoms with Crippen molar-refractivity contribution in [2.75, 3.05) is 0 Å². The number of esters is 1. The SMILES string of the molecule is CC(C)c1cc2c3c(ccc(=O)n3COC2=O)c1. The van der Waals surface area contributed by atoms with Crippen LogP contribution < -0.4 is 5.56 Å². The largest absolute Gasteiger partial charge is 0.440 e. The average molecular weight is 243 g/mol. The van der Waals surface area contributed by atoms with Gasteiger partial charge in [-0.1, -0.05) is 13.8 Å². The molecular formula is C14H13NO3. The molecule has 0 atom stereocenters. The van der Waals surface area contributed by atoms with Crippen molar-refractivity contribution in [3.63, 3.8) is 0 Å². The number of hydrogen-bond acceptors (Lipinski definition) is 3. The average Bonchev–Trinajstić information content (AvgIpc) is 2.35. The summed E-state index contributed by atoms with van der Waals surface area (Å²) >= 11 is 0. The van der Waals surface area contributed by atoms with E-state index in [0.717, 1.165) is 10.9 Å². The molecule has 18 heavy (non-hydrogen) atoms. The summed E-state index contributed by atoms with van der Waals surface area (Å²) in [6, 6.07) is 7.12. The fourth-order valence-electron chi connectivity index (χ4n) is 2.29. The van der Waals surface area contributed by atoms with Crippen LogP contribution >= 0.6 is 0 Å². The number of rotatable bonds is 1. The van der Waals surface area contributed by atoms with Gasteiger partial charge in [-0.2, -0.15) is 0 Å². The molecule has 1 aliphatic rings. The third-order valence-electron chi connectivity index (χ3n) is 3.31. The van der Waals surface area contributed by atoms with Crippen LogP contribution in [0.3, 0.4) is 0 Å². The molecule has 1 aliphatic heterocycles. The van der Waals surface area contributed by atoms with Crippen molar-refractivity contribution in [3.8, 4) is 0 Å². The summed E-state index contributed by atoms with van der Waals surface area (Å²) in [4.78, 5) is 23.6. The summed E-state index contributed by atoms with van der Waals surface area (Å²) in [7, 11) is 0. The van der Waals surface area contributed by atoms with Crippen molar-refractivity contribution in [2.24, 2.45) is 0 Å². The maximum atomic E-state index is 11.8. The molecule has 0 bridgehead atoms. The molecular weight excluding hydrogens is 230 g/mol. The van der Waals surface area contributed by atoms with Gasteiger partial charge in [-0.05, 0) is 35.1 Å². The number of pyridine rings is 1. The highest BCUT2D eigenvalue weighted by Crippen LogP contribution is 2.27. The lowest BCUT2D eigenvalue weighted by Crippen LogP contribution is -2.28. The quantitative estimate of drug-likeness (QED) is 0.722. The van der Waals surface area contributed by atoms with Gasteiger partial charge in [0.15, 0.2) is 6.73 Å². The van der Waals surface area contributed by atoms with Gasteiger partial charge in [0, 0.05) is 6.07 Å². The van der Waals surface area contributed by atoms with Crippen LogP contribution in [0, 0.1) is 0 Å². The van der Waals surface area contributed by atoms with Gasteiger partial charge in [0.05, 0.1) is 11.1 Å². The maximum absolute atomic E-state index is 11.8. The smallest absolute Gasteiger partial charge is 0.342 e. The van der Waals surface area contributed by atoms with Crippen LogP contribution in [0.15, 0.2) is 29.1 Å². The lowest BCUT2D eigenvalue weighted by atomic mass is 9.97. The Morgan fingerprint density at radius 1 is 1.22 bits per heavy atom. The summed E-state index contributed by atoms with van der Waals surface area (Å²) in [6.07, 6.45) is 0. The first-order valence-corrected chi connectivity index (χ1v) is 5.92. The molecule has 0 unspecified atom stereocenters. The van der Waals surface area contributed by atoms with Gasteiger partial charge >= 0.3 is 5.97 Å². The third-order valence-corrected chi connectivity index (χ3v) is 3.31. The van der Waals surface area contributed by atoms with Crippen molar-refractivity contribution in [1.29, 1.82) is 0 Å². The van der Waals surface area contributed by atoms with Crippen LogP contribution in [-0.2, 0) is 11.5 Å². The van der Waals surface area contributed by atoms with Crippen LogP contribution in [-0.4, -0.2) is 10.5 Å². The van der Waals surface area contributed by atoms with Gasteiger partial charge < -0.3 is 4.74 Å². The minimum Gasteiger partial charge on any atom is -0.440 e. The number of carbonyl (C=O) groups excluding carboxylic acids is 1. The monoisotopic (exact) mass is 243 g/mol. The Bertz CT molecular complexity index is 713. The molecule has 4 nitrogen and oxygen atoms in total. The van der Waals surface area contributed by atoms with E-state index in [1.165, 1.54) is 10.6 Å². The molecule has 0 aliphatic carbocycles. The molecule has 3 rings (SSSR count). The number of benzene rings is 1. The fraction of sp³-hybridized carbons (Fsp3) is 0.286. The fourth-order valence-corrected chi connectivity index (χ4v) is 2.29. The van der Waals surface area contributed by atoms with Crippen molar-refractivity contribution < 1.29 is 9.53 Å². The molecule has 0 radical (unpaired) electrons. The third kappa shape index (κ3) is 1.45. The van der Waals surface area contributed by atoms with Crippen LogP contribution in [0.2, 0.25) is 0 Å². The number of nitrogens with zero attached hydrogens (tertiary/aromatic N) is 1. The van der Waals surface area contributed by atoms with Crippen LogP contribution in [0.1, 0.15) is 35.7 Å². The van der Waals surface area contributed by atoms with Crippen LogP contribution in [0.4, 0.5) is 0 Å². The van der Waals surface area contributed by atoms with E-state index in [-0.39, 0.29) is 18.3 Å². The lowest BCUT2D eigenvalue weighted by Gasteiger charge is -2.20. The molecule has 92 valence electrons. The van der Waals surface area contributed by atoms with Crippen molar-refractivity contribution in [1.82, 2.24) is 4.57 Å². The Kier molecular flexibility index (Phi) is 2.26. The summed E-state index contributed by atoms with van der Waals surface area (Å²) in [5.74, 6) is -0.0335. The number of cyclic esters (lactones) is 1. The zero-order valence-corrected chi connectivity index (χ0v) is 10.3. The number of ether oxygens (including phenoxy) is 1. The highest BCUT2D eigenvalue weighted by molar-refractivity contribution is 6.04. The van der Waals surface area contributed by atoms with E-state index < -0.39 is 0 Å². The van der Waals surface area contributed by atoms with Gasteiger partial charge in [0.2, 0.25) is 0 Å². The Morgan fingerprint density at radius 3 is 2.72 bits per heavy atom. The number of hydrogen-bond donors (Lipinski definition) is 0. The van der Waals surface area contributed by atoms with Crippen LogP contribution in [0.25, 0.3) is 10.9 Å². The van der Waals surface area contributed by atoms with Crippen LogP contribution in [0.5, 0.6) is 0 Å². The minimum absolute atomic E-state index is 0.00301. The Balaban J connectivity index is 2.47. The first-order valence-electron chi connectivity index (χ1n) is 5.92. The predicted molar refractivity (Wildman–Crippen MR) is 67.7 cm³/mol. The minimum atomic E-state index is -0.354. The molecule has 0 amide bonds. The summed E-state index contributed by atoms with van der Waals surface area (Å²) in [6.45, 7) is 4.14. The summed E-state index contributed by atoms with van der Waals surface area (Å²) in [5.41, 5.74) is 2.10. The molecule has 2 aromatic rings. The highest BCUT2D eigenvalue weighted by Gasteiger charge is 2.22. The highest BCUT2D eigenvalue weighted by atomic mass is 16.5. The van der Waals surface area contributed by atoms with Crippen molar-refractivity contribution in [2.45, 2.75) is 26.5 Å². The first-order chi connectivity index (χ1) is 8.58. The molecule has 1 aromatic heterocycles. The Morgan fingerprint density at radius 2 is 2.00 bits per heavy atom. The van der Waals surface area contributed by atoms with E-state index in [2.05, 4.69) is 13.8 Å². The van der Waals surface area contributed by atoms with Gasteiger partial charge in [0.25, 0.3) is 5.56 Å². The van der Waals surface area contributed by atoms with E-state index in [1.807, 2.05) is 12.1 Å². The van der Waals surface area contributed by atoms with E-state index in [4.69, 9.17) is 4.74 Å². The standard InChI is InChI=1S/C14H13NO3/c1-8(2)10-5-9-3-4-12(16)15-7-18-14(17)11(6-10)13(9)15/h3-6,8H,7H2,1-2H3. The molecule has 2 heterocycles. The topological polar surface area (TPSA) is 48.3 Å². The Hall–Kier alpha value is -2.10. The number of aromatic nitrogens is 1. The van der Waals surface area contributed by atoms with Gasteiger partial charge in [-0.15, -0.1) is 0 Å². The van der Waals surface area contributed by atoms with E-state index in [0.29, 0.717) is 17.0 Å². The van der Waals surface area contributed by atoms with Gasteiger partial charge in [-0.3, -0.25) is 9.36 Å². The van der Waals surface area contributed by atoms with E-state index in [9.17, 15) is 9.59 Å². The maximum Gasteiger partial charge on any atom is 0.342 e. The molecule has 0 spiro atoms. The summed E-state index contributed by atoms with van der Waals surface area (Å²) in [5, 5.41) is 0.910. The van der Waals surface area contributed by atoms with Gasteiger partial charge in [-0.25, -0.2) is 4.79 Å². The molecule has 0 saturated carbocycles. The zero-order valence-electron chi connectivity index (χ0n) is 10.3. The normalized spacial score (nSPS) is 14.1. The first kappa shape index (κ1) is 11.0. The molecule has 1 aromatic carbocycles. The van der Waals surface area contributed by atoms with Crippen molar-refractivity contribution in [3.05, 3.63) is 45.7 Å². The second kappa shape index (κ2) is 3.70. The zero-order chi connectivity index (χ0) is 12.9. The van der Waals surface area contributed by atoms with E-state index >= 15 is 0 Å².